The predicted molar refractivity (Wildman–Crippen MR) is 131 cm³/mol. The Morgan fingerprint density at radius 3 is 2.50 bits per heavy atom. The molecule has 0 spiro atoms. The minimum Gasteiger partial charge on any atom is -0.310 e. The Morgan fingerprint density at radius 2 is 1.74 bits per heavy atom. The van der Waals surface area contributed by atoms with E-state index >= 15 is 0 Å². The molecule has 1 saturated heterocycles. The van der Waals surface area contributed by atoms with Crippen molar-refractivity contribution in [2.24, 2.45) is 11.8 Å². The van der Waals surface area contributed by atoms with Gasteiger partial charge in [-0.2, -0.15) is 0 Å². The van der Waals surface area contributed by atoms with Crippen LogP contribution in [0.15, 0.2) is 43.0 Å². The molecule has 2 fully saturated rings. The van der Waals surface area contributed by atoms with E-state index in [1.54, 1.807) is 18.6 Å². The number of nitrogens with one attached hydrogen (secondary N) is 1. The normalized spacial score (nSPS) is 22.1. The van der Waals surface area contributed by atoms with Crippen LogP contribution >= 0.6 is 0 Å². The van der Waals surface area contributed by atoms with Crippen LogP contribution < -0.4 is 5.32 Å². The lowest BCUT2D eigenvalue weighted by Gasteiger charge is -2.36. The highest BCUT2D eigenvalue weighted by Crippen LogP contribution is 2.31. The monoisotopic (exact) mass is 462 g/mol. The summed E-state index contributed by atoms with van der Waals surface area (Å²) in [4.78, 5) is 30.6. The molecule has 0 unspecified atom stereocenters. The van der Waals surface area contributed by atoms with Gasteiger partial charge in [0, 0.05) is 68.2 Å². The number of likely N-dealkylation sites (N-methyl/N-ethyl adjacent to an activating group) is 1. The van der Waals surface area contributed by atoms with Gasteiger partial charge in [-0.1, -0.05) is 0 Å². The number of rotatable bonds is 5. The zero-order valence-electron chi connectivity index (χ0n) is 19.6. The summed E-state index contributed by atoms with van der Waals surface area (Å²) in [5.74, 6) is 0.905. The van der Waals surface area contributed by atoms with E-state index in [-0.39, 0.29) is 11.8 Å². The third-order valence-corrected chi connectivity index (χ3v) is 7.18. The Balaban J connectivity index is 1.19. The van der Waals surface area contributed by atoms with Gasteiger partial charge < -0.3 is 15.1 Å². The summed E-state index contributed by atoms with van der Waals surface area (Å²) in [7, 11) is 2.18. The molecular weight excluding hydrogens is 431 g/mol. The second-order valence-electron chi connectivity index (χ2n) is 9.69. The van der Waals surface area contributed by atoms with Gasteiger partial charge in [0.15, 0.2) is 0 Å². The molecule has 3 aromatic rings. The number of carbonyl (C=O) groups is 1. The van der Waals surface area contributed by atoms with Crippen molar-refractivity contribution in [1.29, 1.82) is 0 Å². The summed E-state index contributed by atoms with van der Waals surface area (Å²) < 4.78 is 13.6. The number of halogens is 1. The van der Waals surface area contributed by atoms with Gasteiger partial charge in [0.2, 0.25) is 5.91 Å². The minimum absolute atomic E-state index is 0.0348. The van der Waals surface area contributed by atoms with Crippen LogP contribution in [-0.4, -0.2) is 70.4 Å². The van der Waals surface area contributed by atoms with Gasteiger partial charge in [-0.15, -0.1) is 0 Å². The van der Waals surface area contributed by atoms with Crippen LogP contribution in [0, 0.1) is 17.7 Å². The number of hydrogen-bond donors (Lipinski definition) is 1. The molecule has 1 aliphatic heterocycles. The fraction of sp³-hybridized carbons (Fsp3) is 0.462. The predicted octanol–water partition coefficient (Wildman–Crippen LogP) is 3.82. The Hall–Kier alpha value is -2.97. The fourth-order valence-electron chi connectivity index (χ4n) is 5.05. The fourth-order valence-corrected chi connectivity index (χ4v) is 5.05. The molecule has 1 amide bonds. The van der Waals surface area contributed by atoms with Crippen LogP contribution in [0.3, 0.4) is 0 Å². The maximum absolute atomic E-state index is 13.6. The van der Waals surface area contributed by atoms with E-state index in [1.807, 2.05) is 12.1 Å². The van der Waals surface area contributed by atoms with E-state index < -0.39 is 5.82 Å². The summed E-state index contributed by atoms with van der Waals surface area (Å²) in [6.07, 6.45) is 10.2. The average molecular weight is 463 g/mol. The number of hydrogen-bond acceptors (Lipinski definition) is 6. The molecule has 0 atom stereocenters. The Morgan fingerprint density at radius 1 is 0.971 bits per heavy atom. The number of nitrogens with zero attached hydrogens (tertiary/aromatic N) is 5. The van der Waals surface area contributed by atoms with Crippen molar-refractivity contribution in [3.8, 4) is 11.3 Å². The van der Waals surface area contributed by atoms with Crippen LogP contribution in [0.5, 0.6) is 0 Å². The Labute approximate surface area is 199 Å². The molecular formula is C26H31FN6O. The number of fused-ring (bicyclic) bond motifs is 1. The molecule has 1 saturated carbocycles. The third-order valence-electron chi connectivity index (χ3n) is 7.18. The smallest absolute Gasteiger partial charge is 0.228 e. The first kappa shape index (κ1) is 22.8. The van der Waals surface area contributed by atoms with E-state index in [1.165, 1.54) is 12.3 Å². The summed E-state index contributed by atoms with van der Waals surface area (Å²) in [6.45, 7) is 5.75. The quantitative estimate of drug-likeness (QED) is 0.621. The molecule has 7 nitrogen and oxygen atoms in total. The number of pyridine rings is 3. The molecule has 1 N–H and O–H groups in total. The topological polar surface area (TPSA) is 74.2 Å². The molecule has 0 radical (unpaired) electrons. The highest BCUT2D eigenvalue weighted by molar-refractivity contribution is 5.94. The van der Waals surface area contributed by atoms with Crippen molar-refractivity contribution in [1.82, 2.24) is 24.8 Å². The van der Waals surface area contributed by atoms with E-state index in [2.05, 4.69) is 37.1 Å². The number of carbonyl (C=O) groups excluding carboxylic acids is 1. The SMILES string of the molecule is CN1CCN(CC2CCC(C(=O)Nc3cc4cc(-c5cncc(F)c5)ncc4cn3)CC2)CC1. The maximum atomic E-state index is 13.6. The summed E-state index contributed by atoms with van der Waals surface area (Å²) in [6, 6.07) is 5.13. The van der Waals surface area contributed by atoms with Crippen molar-refractivity contribution in [3.05, 3.63) is 48.8 Å². The molecule has 8 heteroatoms. The van der Waals surface area contributed by atoms with Crippen molar-refractivity contribution >= 4 is 22.5 Å². The number of anilines is 1. The van der Waals surface area contributed by atoms with Crippen LogP contribution in [0.2, 0.25) is 0 Å². The van der Waals surface area contributed by atoms with E-state index in [0.29, 0.717) is 23.0 Å². The average Bonchev–Trinajstić information content (AvgIpc) is 2.85. The van der Waals surface area contributed by atoms with Gasteiger partial charge in [-0.3, -0.25) is 14.8 Å². The van der Waals surface area contributed by atoms with Crippen molar-refractivity contribution in [3.63, 3.8) is 0 Å². The van der Waals surface area contributed by atoms with Gasteiger partial charge in [0.1, 0.15) is 11.6 Å². The first-order chi connectivity index (χ1) is 16.5. The first-order valence-electron chi connectivity index (χ1n) is 12.1. The molecule has 4 heterocycles. The zero-order valence-corrected chi connectivity index (χ0v) is 19.6. The van der Waals surface area contributed by atoms with E-state index in [0.717, 1.165) is 69.2 Å². The molecule has 5 rings (SSSR count). The molecule has 2 aliphatic rings. The van der Waals surface area contributed by atoms with Crippen LogP contribution in [-0.2, 0) is 4.79 Å². The number of piperazine rings is 1. The number of aromatic nitrogens is 3. The van der Waals surface area contributed by atoms with Crippen molar-refractivity contribution in [2.75, 3.05) is 45.1 Å². The van der Waals surface area contributed by atoms with E-state index in [4.69, 9.17) is 0 Å². The standard InChI is InChI=1S/C26H31FN6O/c1-32-6-8-33(9-7-32)17-18-2-4-19(5-3-18)26(34)31-25-12-20-11-24(29-14-22(20)15-30-25)21-10-23(27)16-28-13-21/h10-16,18-19H,2-9,17H2,1H3,(H,30,31,34). The largest absolute Gasteiger partial charge is 0.310 e. The second kappa shape index (κ2) is 10.1. The van der Waals surface area contributed by atoms with Gasteiger partial charge in [0.05, 0.1) is 11.9 Å². The summed E-state index contributed by atoms with van der Waals surface area (Å²) in [5.41, 5.74) is 1.24. The lowest BCUT2D eigenvalue weighted by Crippen LogP contribution is -2.46. The van der Waals surface area contributed by atoms with Gasteiger partial charge in [-0.05, 0) is 62.2 Å². The van der Waals surface area contributed by atoms with Crippen molar-refractivity contribution < 1.29 is 9.18 Å². The minimum atomic E-state index is -0.402. The van der Waals surface area contributed by atoms with Crippen molar-refractivity contribution in [2.45, 2.75) is 25.7 Å². The summed E-state index contributed by atoms with van der Waals surface area (Å²) in [5, 5.41) is 4.76. The van der Waals surface area contributed by atoms with Crippen LogP contribution in [0.25, 0.3) is 22.0 Å². The molecule has 178 valence electrons. The Bertz CT molecular complexity index is 1150. The van der Waals surface area contributed by atoms with Crippen LogP contribution in [0.1, 0.15) is 25.7 Å². The highest BCUT2D eigenvalue weighted by atomic mass is 19.1. The summed E-state index contributed by atoms with van der Waals surface area (Å²) >= 11 is 0. The molecule has 0 bridgehead atoms. The molecule has 1 aliphatic carbocycles. The first-order valence-corrected chi connectivity index (χ1v) is 12.1. The zero-order chi connectivity index (χ0) is 23.5. The maximum Gasteiger partial charge on any atom is 0.228 e. The lowest BCUT2D eigenvalue weighted by molar-refractivity contribution is -0.121. The Kier molecular flexibility index (Phi) is 6.78. The highest BCUT2D eigenvalue weighted by Gasteiger charge is 2.28. The van der Waals surface area contributed by atoms with Gasteiger partial charge in [-0.25, -0.2) is 9.37 Å². The third kappa shape index (κ3) is 5.39. The van der Waals surface area contributed by atoms with Gasteiger partial charge in [0.25, 0.3) is 0 Å². The molecule has 34 heavy (non-hydrogen) atoms. The van der Waals surface area contributed by atoms with E-state index in [9.17, 15) is 9.18 Å². The lowest BCUT2D eigenvalue weighted by atomic mass is 9.81. The van der Waals surface area contributed by atoms with Crippen LogP contribution in [0.4, 0.5) is 10.2 Å². The molecule has 3 aromatic heterocycles. The second-order valence-corrected chi connectivity index (χ2v) is 9.69. The molecule has 0 aromatic carbocycles. The number of amides is 1. The van der Waals surface area contributed by atoms with Gasteiger partial charge >= 0.3 is 0 Å².